The summed E-state index contributed by atoms with van der Waals surface area (Å²) < 4.78 is 0. The molecule has 2 rings (SSSR count). The minimum atomic E-state index is -1.12. The average molecular weight is 343 g/mol. The largest absolute Gasteiger partial charge is 0.507 e. The van der Waals surface area contributed by atoms with E-state index in [4.69, 9.17) is 10.2 Å². The van der Waals surface area contributed by atoms with Crippen molar-refractivity contribution in [3.05, 3.63) is 53.6 Å². The summed E-state index contributed by atoms with van der Waals surface area (Å²) >= 11 is 0. The fourth-order valence-corrected chi connectivity index (χ4v) is 2.74. The first-order valence-corrected chi connectivity index (χ1v) is 7.96. The molecule has 6 heteroatoms. The Kier molecular flexibility index (Phi) is 6.14. The molecule has 2 aromatic carbocycles. The first kappa shape index (κ1) is 18.5. The highest BCUT2D eigenvalue weighted by molar-refractivity contribution is 5.73. The van der Waals surface area contributed by atoms with Gasteiger partial charge in [-0.05, 0) is 35.2 Å². The molecule has 0 aliphatic carbocycles. The van der Waals surface area contributed by atoms with Gasteiger partial charge in [-0.25, -0.2) is 0 Å². The van der Waals surface area contributed by atoms with Gasteiger partial charge in [0.25, 0.3) is 0 Å². The number of benzene rings is 2. The SMILES string of the molecule is CCc1cc(-c2ccccc2)cc(CN(CC(=O)O)CC(=O)O)c1O. The Bertz CT molecular complexity index is 742. The Balaban J connectivity index is 2.40. The number of phenols is 1. The van der Waals surface area contributed by atoms with Crippen LogP contribution in [0, 0.1) is 0 Å². The minimum Gasteiger partial charge on any atom is -0.507 e. The number of aryl methyl sites for hydroxylation is 1. The number of aliphatic carboxylic acids is 2. The number of carboxylic acids is 2. The van der Waals surface area contributed by atoms with Crippen LogP contribution in [-0.2, 0) is 22.6 Å². The van der Waals surface area contributed by atoms with Crippen LogP contribution in [0.25, 0.3) is 11.1 Å². The van der Waals surface area contributed by atoms with Gasteiger partial charge in [-0.15, -0.1) is 0 Å². The molecular formula is C19H21NO5. The maximum Gasteiger partial charge on any atom is 0.317 e. The zero-order chi connectivity index (χ0) is 18.4. The van der Waals surface area contributed by atoms with Crippen LogP contribution in [0.3, 0.4) is 0 Å². The Morgan fingerprint density at radius 2 is 1.48 bits per heavy atom. The summed E-state index contributed by atoms with van der Waals surface area (Å²) in [5.74, 6) is -2.14. The van der Waals surface area contributed by atoms with Crippen molar-refractivity contribution in [2.75, 3.05) is 13.1 Å². The number of rotatable bonds is 8. The van der Waals surface area contributed by atoms with Crippen molar-refractivity contribution in [1.29, 1.82) is 0 Å². The molecule has 0 atom stereocenters. The Morgan fingerprint density at radius 3 is 2.00 bits per heavy atom. The Hall–Kier alpha value is -2.86. The molecule has 0 bridgehead atoms. The van der Waals surface area contributed by atoms with Crippen molar-refractivity contribution in [2.45, 2.75) is 19.9 Å². The zero-order valence-corrected chi connectivity index (χ0v) is 14.0. The molecule has 2 aromatic rings. The standard InChI is InChI=1S/C19H21NO5/c1-2-13-8-15(14-6-4-3-5-7-14)9-16(19(13)25)10-20(11-17(21)22)12-18(23)24/h3-9,25H,2,10-12H2,1H3,(H,21,22)(H,23,24). The van der Waals surface area contributed by atoms with Crippen LogP contribution in [0.1, 0.15) is 18.1 Å². The molecule has 0 aliphatic rings. The van der Waals surface area contributed by atoms with Crippen LogP contribution in [0.2, 0.25) is 0 Å². The maximum absolute atomic E-state index is 11.0. The molecule has 0 fully saturated rings. The number of aromatic hydroxyl groups is 1. The van der Waals surface area contributed by atoms with Crippen molar-refractivity contribution in [3.63, 3.8) is 0 Å². The second kappa shape index (κ2) is 8.30. The highest BCUT2D eigenvalue weighted by Crippen LogP contribution is 2.31. The highest BCUT2D eigenvalue weighted by atomic mass is 16.4. The van der Waals surface area contributed by atoms with Crippen molar-refractivity contribution in [2.24, 2.45) is 0 Å². The fourth-order valence-electron chi connectivity index (χ4n) is 2.74. The average Bonchev–Trinajstić information content (AvgIpc) is 2.56. The molecule has 0 saturated heterocycles. The van der Waals surface area contributed by atoms with Crippen molar-refractivity contribution in [3.8, 4) is 16.9 Å². The second-order valence-electron chi connectivity index (χ2n) is 5.80. The van der Waals surface area contributed by atoms with Crippen LogP contribution in [0.5, 0.6) is 5.75 Å². The maximum atomic E-state index is 11.0. The van der Waals surface area contributed by atoms with Gasteiger partial charge < -0.3 is 15.3 Å². The summed E-state index contributed by atoms with van der Waals surface area (Å²) in [6.45, 7) is 1.13. The molecule has 0 amide bonds. The summed E-state index contributed by atoms with van der Waals surface area (Å²) in [6, 6.07) is 13.3. The number of hydrogen-bond acceptors (Lipinski definition) is 4. The van der Waals surface area contributed by atoms with Gasteiger partial charge in [-0.3, -0.25) is 14.5 Å². The summed E-state index contributed by atoms with van der Waals surface area (Å²) in [4.78, 5) is 23.2. The molecule has 0 saturated carbocycles. The lowest BCUT2D eigenvalue weighted by atomic mass is 9.97. The minimum absolute atomic E-state index is 0.0398. The van der Waals surface area contributed by atoms with Crippen LogP contribution >= 0.6 is 0 Å². The number of carboxylic acid groups (broad SMARTS) is 2. The molecule has 0 aromatic heterocycles. The number of carbonyl (C=O) groups is 2. The number of hydrogen-bond donors (Lipinski definition) is 3. The van der Waals surface area contributed by atoms with E-state index in [1.54, 1.807) is 6.07 Å². The van der Waals surface area contributed by atoms with Gasteiger partial charge in [0.1, 0.15) is 5.75 Å². The third-order valence-electron chi connectivity index (χ3n) is 3.87. The molecule has 0 radical (unpaired) electrons. The smallest absolute Gasteiger partial charge is 0.317 e. The van der Waals surface area contributed by atoms with E-state index in [9.17, 15) is 14.7 Å². The highest BCUT2D eigenvalue weighted by Gasteiger charge is 2.18. The van der Waals surface area contributed by atoms with E-state index in [1.807, 2.05) is 43.3 Å². The second-order valence-corrected chi connectivity index (χ2v) is 5.80. The fraction of sp³-hybridized carbons (Fsp3) is 0.263. The Labute approximate surface area is 146 Å². The third kappa shape index (κ3) is 5.06. The normalized spacial score (nSPS) is 10.8. The van der Waals surface area contributed by atoms with E-state index in [2.05, 4.69) is 0 Å². The van der Waals surface area contributed by atoms with Gasteiger partial charge in [0, 0.05) is 12.1 Å². The van der Waals surface area contributed by atoms with Gasteiger partial charge in [0.2, 0.25) is 0 Å². The number of nitrogens with zero attached hydrogens (tertiary/aromatic N) is 1. The van der Waals surface area contributed by atoms with Crippen molar-refractivity contribution in [1.82, 2.24) is 4.90 Å². The molecule has 0 heterocycles. The van der Waals surface area contributed by atoms with Crippen LogP contribution < -0.4 is 0 Å². The van der Waals surface area contributed by atoms with Gasteiger partial charge in [0.05, 0.1) is 13.1 Å². The van der Waals surface area contributed by atoms with Gasteiger partial charge in [-0.1, -0.05) is 37.3 Å². The molecule has 0 unspecified atom stereocenters. The monoisotopic (exact) mass is 343 g/mol. The lowest BCUT2D eigenvalue weighted by molar-refractivity contribution is -0.142. The van der Waals surface area contributed by atoms with Crippen LogP contribution in [-0.4, -0.2) is 45.2 Å². The Morgan fingerprint density at radius 1 is 0.920 bits per heavy atom. The van der Waals surface area contributed by atoms with E-state index in [0.29, 0.717) is 12.0 Å². The predicted octanol–water partition coefficient (Wildman–Crippen LogP) is 2.59. The van der Waals surface area contributed by atoms with E-state index < -0.39 is 25.0 Å². The summed E-state index contributed by atoms with van der Waals surface area (Å²) in [5, 5.41) is 28.4. The molecular weight excluding hydrogens is 322 g/mol. The van der Waals surface area contributed by atoms with Crippen molar-refractivity contribution < 1.29 is 24.9 Å². The van der Waals surface area contributed by atoms with E-state index in [-0.39, 0.29) is 12.3 Å². The topological polar surface area (TPSA) is 98.1 Å². The lowest BCUT2D eigenvalue weighted by Crippen LogP contribution is -2.34. The summed E-state index contributed by atoms with van der Waals surface area (Å²) in [7, 11) is 0. The lowest BCUT2D eigenvalue weighted by Gasteiger charge is -2.20. The molecule has 3 N–H and O–H groups in total. The van der Waals surface area contributed by atoms with Gasteiger partial charge in [-0.2, -0.15) is 0 Å². The molecule has 132 valence electrons. The molecule has 0 spiro atoms. The van der Waals surface area contributed by atoms with E-state index >= 15 is 0 Å². The summed E-state index contributed by atoms with van der Waals surface area (Å²) in [6.07, 6.45) is 0.609. The summed E-state index contributed by atoms with van der Waals surface area (Å²) in [5.41, 5.74) is 3.12. The predicted molar refractivity (Wildman–Crippen MR) is 93.5 cm³/mol. The first-order chi connectivity index (χ1) is 11.9. The van der Waals surface area contributed by atoms with Crippen LogP contribution in [0.15, 0.2) is 42.5 Å². The van der Waals surface area contributed by atoms with Gasteiger partial charge in [0.15, 0.2) is 0 Å². The quantitative estimate of drug-likeness (QED) is 0.681. The van der Waals surface area contributed by atoms with E-state index in [1.165, 1.54) is 4.90 Å². The molecule has 25 heavy (non-hydrogen) atoms. The molecule has 0 aliphatic heterocycles. The van der Waals surface area contributed by atoms with Crippen LogP contribution in [0.4, 0.5) is 0 Å². The number of phenolic OH excluding ortho intramolecular Hbond substituents is 1. The third-order valence-corrected chi connectivity index (χ3v) is 3.87. The first-order valence-electron chi connectivity index (χ1n) is 7.96. The van der Waals surface area contributed by atoms with Crippen molar-refractivity contribution >= 4 is 11.9 Å². The zero-order valence-electron chi connectivity index (χ0n) is 14.0. The molecule has 6 nitrogen and oxygen atoms in total. The van der Waals surface area contributed by atoms with E-state index in [0.717, 1.165) is 16.7 Å². The van der Waals surface area contributed by atoms with Gasteiger partial charge >= 0.3 is 11.9 Å².